The zero-order chi connectivity index (χ0) is 6.69. The molecule has 0 aliphatic heterocycles. The molecule has 5 heteroatoms. The highest BCUT2D eigenvalue weighted by Gasteiger charge is 2.00. The summed E-state index contributed by atoms with van der Waals surface area (Å²) in [5, 5.41) is 8.11. The highest BCUT2D eigenvalue weighted by Crippen LogP contribution is 2.09. The smallest absolute Gasteiger partial charge is 0.227 e. The molecule has 50 valence electrons. The van der Waals surface area contributed by atoms with Crippen LogP contribution < -0.4 is 4.90 Å². The van der Waals surface area contributed by atoms with Crippen LogP contribution >= 0.6 is 11.5 Å². The summed E-state index contributed by atoms with van der Waals surface area (Å²) >= 11 is 1.31. The van der Waals surface area contributed by atoms with Crippen molar-refractivity contribution in [1.29, 1.82) is 0 Å². The van der Waals surface area contributed by atoms with Gasteiger partial charge in [-0.05, 0) is 12.1 Å². The van der Waals surface area contributed by atoms with Crippen molar-refractivity contribution in [2.75, 3.05) is 18.5 Å². The number of anilines is 1. The van der Waals surface area contributed by atoms with E-state index in [1.165, 1.54) is 11.5 Å². The summed E-state index contributed by atoms with van der Waals surface area (Å²) in [5.41, 5.74) is 0. The molecule has 0 saturated heterocycles. The molecule has 0 radical (unpaired) electrons. The standard InChI is InChI=1S/C4H8N4S/c1-3-8(2)4-5-6-7-9-4/h3H2,1-2H3. The molecule has 0 atom stereocenters. The third-order valence-electron chi connectivity index (χ3n) is 1.09. The lowest BCUT2D eigenvalue weighted by molar-refractivity contribution is 0.897. The minimum atomic E-state index is 0.873. The molecule has 9 heavy (non-hydrogen) atoms. The molecule has 0 N–H and O–H groups in total. The van der Waals surface area contributed by atoms with Gasteiger partial charge in [-0.15, -0.1) is 0 Å². The van der Waals surface area contributed by atoms with Gasteiger partial charge in [0.2, 0.25) is 5.13 Å². The lowest BCUT2D eigenvalue weighted by Gasteiger charge is -2.08. The molecule has 4 nitrogen and oxygen atoms in total. The van der Waals surface area contributed by atoms with Gasteiger partial charge >= 0.3 is 0 Å². The van der Waals surface area contributed by atoms with E-state index in [0.717, 1.165) is 11.7 Å². The van der Waals surface area contributed by atoms with Gasteiger partial charge in [-0.25, -0.2) is 0 Å². The van der Waals surface area contributed by atoms with E-state index in [-0.39, 0.29) is 0 Å². The van der Waals surface area contributed by atoms with Gasteiger partial charge < -0.3 is 4.90 Å². The van der Waals surface area contributed by atoms with Crippen LogP contribution in [-0.4, -0.2) is 28.4 Å². The van der Waals surface area contributed by atoms with Gasteiger partial charge in [0.25, 0.3) is 0 Å². The molecule has 0 unspecified atom stereocenters. The molecular formula is C4H8N4S. The van der Waals surface area contributed by atoms with Crippen molar-refractivity contribution < 1.29 is 0 Å². The van der Waals surface area contributed by atoms with Crippen LogP contribution in [0.2, 0.25) is 0 Å². The van der Waals surface area contributed by atoms with Crippen molar-refractivity contribution in [3.05, 3.63) is 0 Å². The second-order valence-corrected chi connectivity index (χ2v) is 2.37. The Morgan fingerprint density at radius 2 is 2.44 bits per heavy atom. The van der Waals surface area contributed by atoms with Crippen molar-refractivity contribution in [2.45, 2.75) is 6.92 Å². The van der Waals surface area contributed by atoms with Crippen LogP contribution in [-0.2, 0) is 0 Å². The van der Waals surface area contributed by atoms with Crippen LogP contribution in [0.15, 0.2) is 0 Å². The summed E-state index contributed by atoms with van der Waals surface area (Å²) < 4.78 is 3.63. The summed E-state index contributed by atoms with van der Waals surface area (Å²) in [6.45, 7) is 3.00. The van der Waals surface area contributed by atoms with Crippen LogP contribution in [0.1, 0.15) is 6.92 Å². The van der Waals surface area contributed by atoms with Crippen molar-refractivity contribution in [3.8, 4) is 0 Å². The van der Waals surface area contributed by atoms with Gasteiger partial charge in [0.15, 0.2) is 0 Å². The van der Waals surface area contributed by atoms with Crippen LogP contribution in [0.3, 0.4) is 0 Å². The first-order valence-electron chi connectivity index (χ1n) is 2.70. The molecule has 0 amide bonds. The fraction of sp³-hybridized carbons (Fsp3) is 0.750. The maximum Gasteiger partial charge on any atom is 0.227 e. The number of aromatic nitrogens is 3. The van der Waals surface area contributed by atoms with Crippen molar-refractivity contribution in [3.63, 3.8) is 0 Å². The third-order valence-corrected chi connectivity index (χ3v) is 1.80. The minimum Gasteiger partial charge on any atom is -0.349 e. The molecule has 0 aliphatic rings. The molecule has 0 bridgehead atoms. The van der Waals surface area contributed by atoms with Crippen molar-refractivity contribution in [1.82, 2.24) is 14.8 Å². The van der Waals surface area contributed by atoms with Gasteiger partial charge in [-0.3, -0.25) is 0 Å². The molecule has 0 aliphatic carbocycles. The topological polar surface area (TPSA) is 41.9 Å². The lowest BCUT2D eigenvalue weighted by atomic mass is 10.7. The molecule has 0 aromatic carbocycles. The molecule has 1 rings (SSSR count). The Kier molecular flexibility index (Phi) is 1.94. The zero-order valence-corrected chi connectivity index (χ0v) is 6.22. The zero-order valence-electron chi connectivity index (χ0n) is 5.40. The van der Waals surface area contributed by atoms with Crippen LogP contribution in [0, 0.1) is 0 Å². The van der Waals surface area contributed by atoms with E-state index in [0.29, 0.717) is 0 Å². The highest BCUT2D eigenvalue weighted by atomic mass is 32.1. The summed E-state index contributed by atoms with van der Waals surface area (Å²) in [6, 6.07) is 0. The largest absolute Gasteiger partial charge is 0.349 e. The molecule has 1 aromatic rings. The Labute approximate surface area is 57.7 Å². The van der Waals surface area contributed by atoms with Crippen LogP contribution in [0.5, 0.6) is 0 Å². The van der Waals surface area contributed by atoms with E-state index in [2.05, 4.69) is 21.7 Å². The van der Waals surface area contributed by atoms with Gasteiger partial charge in [-0.1, -0.05) is 9.59 Å². The Morgan fingerprint density at radius 3 is 2.89 bits per heavy atom. The minimum absolute atomic E-state index is 0.873. The fourth-order valence-electron chi connectivity index (χ4n) is 0.411. The van der Waals surface area contributed by atoms with Gasteiger partial charge in [0, 0.05) is 25.1 Å². The van der Waals surface area contributed by atoms with E-state index in [4.69, 9.17) is 0 Å². The predicted octanol–water partition coefficient (Wildman–Crippen LogP) is 0.389. The SMILES string of the molecule is CCN(C)c1nnns1. The van der Waals surface area contributed by atoms with Crippen LogP contribution in [0.4, 0.5) is 5.13 Å². The molecule has 0 spiro atoms. The van der Waals surface area contributed by atoms with E-state index >= 15 is 0 Å². The number of nitrogens with zero attached hydrogens (tertiary/aromatic N) is 4. The van der Waals surface area contributed by atoms with Gasteiger partial charge in [-0.2, -0.15) is 0 Å². The first-order chi connectivity index (χ1) is 4.34. The van der Waals surface area contributed by atoms with E-state index in [1.807, 2.05) is 11.9 Å². The molecule has 0 saturated carbocycles. The Hall–Kier alpha value is -0.710. The van der Waals surface area contributed by atoms with Crippen LogP contribution in [0.25, 0.3) is 0 Å². The Bertz CT molecular complexity index is 161. The summed E-state index contributed by atoms with van der Waals surface area (Å²) in [5.74, 6) is 0. The number of hydrogen-bond donors (Lipinski definition) is 0. The normalized spacial score (nSPS) is 9.56. The summed E-state index contributed by atoms with van der Waals surface area (Å²) in [7, 11) is 1.96. The Balaban J connectivity index is 2.65. The lowest BCUT2D eigenvalue weighted by Crippen LogP contribution is -2.15. The highest BCUT2D eigenvalue weighted by molar-refractivity contribution is 7.09. The first kappa shape index (κ1) is 6.41. The maximum absolute atomic E-state index is 3.77. The van der Waals surface area contributed by atoms with Crippen molar-refractivity contribution >= 4 is 16.7 Å². The van der Waals surface area contributed by atoms with E-state index < -0.39 is 0 Å². The Morgan fingerprint density at radius 1 is 1.67 bits per heavy atom. The molecule has 1 heterocycles. The quantitative estimate of drug-likeness (QED) is 0.602. The average Bonchev–Trinajstić information content (AvgIpc) is 2.37. The maximum atomic E-state index is 3.77. The fourth-order valence-corrected chi connectivity index (χ4v) is 0.898. The first-order valence-corrected chi connectivity index (χ1v) is 3.48. The van der Waals surface area contributed by atoms with Gasteiger partial charge in [0.1, 0.15) is 0 Å². The number of hydrogen-bond acceptors (Lipinski definition) is 5. The molecule has 1 aromatic heterocycles. The number of rotatable bonds is 2. The monoisotopic (exact) mass is 144 g/mol. The van der Waals surface area contributed by atoms with Crippen molar-refractivity contribution in [2.24, 2.45) is 0 Å². The van der Waals surface area contributed by atoms with Gasteiger partial charge in [0.05, 0.1) is 0 Å². The summed E-state index contributed by atoms with van der Waals surface area (Å²) in [4.78, 5) is 1.99. The molecular weight excluding hydrogens is 136 g/mol. The molecule has 0 fully saturated rings. The van der Waals surface area contributed by atoms with E-state index in [9.17, 15) is 0 Å². The average molecular weight is 144 g/mol. The predicted molar refractivity (Wildman–Crippen MR) is 36.6 cm³/mol. The summed E-state index contributed by atoms with van der Waals surface area (Å²) in [6.07, 6.45) is 0. The van der Waals surface area contributed by atoms with E-state index in [1.54, 1.807) is 0 Å². The second-order valence-electron chi connectivity index (χ2n) is 1.66. The third kappa shape index (κ3) is 1.35. The second kappa shape index (κ2) is 2.72.